The SMILES string of the molecule is C.CCNc1ccccc1. The standard InChI is InChI=1S/C8H11N.CH4/c1-2-9-8-6-4-3-5-7-8;/h3-7,9H,2H2,1H3;1H4. The first-order valence-corrected chi connectivity index (χ1v) is 3.22. The molecule has 10 heavy (non-hydrogen) atoms. The quantitative estimate of drug-likeness (QED) is 0.661. The van der Waals surface area contributed by atoms with Gasteiger partial charge in [-0.1, -0.05) is 25.6 Å². The van der Waals surface area contributed by atoms with Crippen LogP contribution in [0.4, 0.5) is 5.69 Å². The third kappa shape index (κ3) is 2.53. The van der Waals surface area contributed by atoms with Gasteiger partial charge in [-0.25, -0.2) is 0 Å². The van der Waals surface area contributed by atoms with E-state index in [4.69, 9.17) is 0 Å². The van der Waals surface area contributed by atoms with E-state index in [1.165, 1.54) is 5.69 Å². The Kier molecular flexibility index (Phi) is 4.38. The minimum atomic E-state index is 0. The Balaban J connectivity index is 0.000000810. The molecule has 0 fully saturated rings. The molecule has 1 N–H and O–H groups in total. The molecule has 0 radical (unpaired) electrons. The van der Waals surface area contributed by atoms with Crippen LogP contribution in [-0.2, 0) is 0 Å². The topological polar surface area (TPSA) is 12.0 Å². The number of benzene rings is 1. The average Bonchev–Trinajstić information content (AvgIpc) is 1.91. The summed E-state index contributed by atoms with van der Waals surface area (Å²) >= 11 is 0. The fraction of sp³-hybridized carbons (Fsp3) is 0.333. The number of hydrogen-bond donors (Lipinski definition) is 1. The summed E-state index contributed by atoms with van der Waals surface area (Å²) in [7, 11) is 0. The van der Waals surface area contributed by atoms with Crippen LogP contribution in [0.5, 0.6) is 0 Å². The molecule has 0 saturated carbocycles. The third-order valence-corrected chi connectivity index (χ3v) is 1.15. The maximum atomic E-state index is 3.21. The van der Waals surface area contributed by atoms with Crippen LogP contribution in [0.25, 0.3) is 0 Å². The Morgan fingerprint density at radius 3 is 2.30 bits per heavy atom. The maximum absolute atomic E-state index is 3.21. The smallest absolute Gasteiger partial charge is 0.0340 e. The molecular formula is C9H15N. The van der Waals surface area contributed by atoms with Crippen molar-refractivity contribution in [2.45, 2.75) is 14.4 Å². The zero-order valence-corrected chi connectivity index (χ0v) is 5.59. The van der Waals surface area contributed by atoms with Crippen molar-refractivity contribution in [2.75, 3.05) is 11.9 Å². The van der Waals surface area contributed by atoms with Crippen LogP contribution < -0.4 is 5.32 Å². The van der Waals surface area contributed by atoms with E-state index in [9.17, 15) is 0 Å². The van der Waals surface area contributed by atoms with Crippen LogP contribution in [0, 0.1) is 0 Å². The second kappa shape index (κ2) is 4.86. The summed E-state index contributed by atoms with van der Waals surface area (Å²) in [6, 6.07) is 10.2. The van der Waals surface area contributed by atoms with E-state index in [1.54, 1.807) is 0 Å². The van der Waals surface area contributed by atoms with E-state index in [2.05, 4.69) is 24.4 Å². The molecule has 0 bridgehead atoms. The molecule has 0 saturated heterocycles. The minimum Gasteiger partial charge on any atom is -0.385 e. The average molecular weight is 137 g/mol. The van der Waals surface area contributed by atoms with Crippen molar-refractivity contribution in [3.63, 3.8) is 0 Å². The molecule has 0 atom stereocenters. The van der Waals surface area contributed by atoms with Gasteiger partial charge in [0.2, 0.25) is 0 Å². The maximum Gasteiger partial charge on any atom is 0.0340 e. The van der Waals surface area contributed by atoms with Crippen molar-refractivity contribution in [3.8, 4) is 0 Å². The highest BCUT2D eigenvalue weighted by atomic mass is 14.8. The molecule has 0 aliphatic heterocycles. The lowest BCUT2D eigenvalue weighted by atomic mass is 10.3. The highest BCUT2D eigenvalue weighted by Crippen LogP contribution is 2.02. The Hall–Kier alpha value is -0.980. The number of anilines is 1. The van der Waals surface area contributed by atoms with Gasteiger partial charge >= 0.3 is 0 Å². The van der Waals surface area contributed by atoms with Gasteiger partial charge in [0.1, 0.15) is 0 Å². The molecule has 0 amide bonds. The van der Waals surface area contributed by atoms with Gasteiger partial charge in [-0.3, -0.25) is 0 Å². The van der Waals surface area contributed by atoms with Gasteiger partial charge in [-0.15, -0.1) is 0 Å². The summed E-state index contributed by atoms with van der Waals surface area (Å²) in [6.07, 6.45) is 0. The summed E-state index contributed by atoms with van der Waals surface area (Å²) in [5.74, 6) is 0. The van der Waals surface area contributed by atoms with Crippen LogP contribution >= 0.6 is 0 Å². The third-order valence-electron chi connectivity index (χ3n) is 1.15. The minimum absolute atomic E-state index is 0. The summed E-state index contributed by atoms with van der Waals surface area (Å²) in [5, 5.41) is 3.21. The monoisotopic (exact) mass is 137 g/mol. The Bertz CT molecular complexity index is 158. The number of nitrogens with one attached hydrogen (secondary N) is 1. The number of hydrogen-bond acceptors (Lipinski definition) is 1. The fourth-order valence-corrected chi connectivity index (χ4v) is 0.760. The van der Waals surface area contributed by atoms with E-state index >= 15 is 0 Å². The molecule has 56 valence electrons. The van der Waals surface area contributed by atoms with Gasteiger partial charge < -0.3 is 5.32 Å². The largest absolute Gasteiger partial charge is 0.385 e. The van der Waals surface area contributed by atoms with E-state index < -0.39 is 0 Å². The molecule has 1 aromatic carbocycles. The van der Waals surface area contributed by atoms with Gasteiger partial charge in [-0.2, -0.15) is 0 Å². The van der Waals surface area contributed by atoms with Crippen LogP contribution in [0.1, 0.15) is 14.4 Å². The van der Waals surface area contributed by atoms with Crippen molar-refractivity contribution in [1.82, 2.24) is 0 Å². The van der Waals surface area contributed by atoms with Crippen LogP contribution in [0.15, 0.2) is 30.3 Å². The highest BCUT2D eigenvalue weighted by molar-refractivity contribution is 5.41. The second-order valence-corrected chi connectivity index (χ2v) is 1.90. The summed E-state index contributed by atoms with van der Waals surface area (Å²) in [6.45, 7) is 3.08. The molecule has 1 heteroatoms. The Labute approximate surface area is 63.1 Å². The number of para-hydroxylation sites is 1. The predicted molar refractivity (Wildman–Crippen MR) is 47.3 cm³/mol. The van der Waals surface area contributed by atoms with E-state index in [0.29, 0.717) is 0 Å². The first kappa shape index (κ1) is 9.02. The highest BCUT2D eigenvalue weighted by Gasteiger charge is 1.81. The summed E-state index contributed by atoms with van der Waals surface area (Å²) < 4.78 is 0. The predicted octanol–water partition coefficient (Wildman–Crippen LogP) is 2.75. The molecule has 0 aliphatic rings. The van der Waals surface area contributed by atoms with E-state index in [0.717, 1.165) is 6.54 Å². The first-order chi connectivity index (χ1) is 4.43. The Morgan fingerprint density at radius 1 is 1.20 bits per heavy atom. The lowest BCUT2D eigenvalue weighted by Gasteiger charge is -1.99. The van der Waals surface area contributed by atoms with Crippen molar-refractivity contribution < 1.29 is 0 Å². The van der Waals surface area contributed by atoms with Gasteiger partial charge in [0, 0.05) is 12.2 Å². The molecule has 0 unspecified atom stereocenters. The Morgan fingerprint density at radius 2 is 1.80 bits per heavy atom. The fourth-order valence-electron chi connectivity index (χ4n) is 0.760. The zero-order chi connectivity index (χ0) is 6.53. The first-order valence-electron chi connectivity index (χ1n) is 3.22. The molecule has 1 aromatic rings. The molecule has 0 heterocycles. The van der Waals surface area contributed by atoms with Crippen LogP contribution in [-0.4, -0.2) is 6.54 Å². The molecule has 0 spiro atoms. The van der Waals surface area contributed by atoms with Crippen LogP contribution in [0.2, 0.25) is 0 Å². The number of rotatable bonds is 2. The van der Waals surface area contributed by atoms with Crippen molar-refractivity contribution >= 4 is 5.69 Å². The van der Waals surface area contributed by atoms with Gasteiger partial charge in [-0.05, 0) is 19.1 Å². The second-order valence-electron chi connectivity index (χ2n) is 1.90. The normalized spacial score (nSPS) is 8.10. The van der Waals surface area contributed by atoms with Gasteiger partial charge in [0.15, 0.2) is 0 Å². The van der Waals surface area contributed by atoms with Gasteiger partial charge in [0.25, 0.3) is 0 Å². The molecule has 1 nitrogen and oxygen atoms in total. The molecule has 1 rings (SSSR count). The van der Waals surface area contributed by atoms with Crippen LogP contribution in [0.3, 0.4) is 0 Å². The van der Waals surface area contributed by atoms with Crippen molar-refractivity contribution in [1.29, 1.82) is 0 Å². The summed E-state index contributed by atoms with van der Waals surface area (Å²) in [5.41, 5.74) is 1.19. The van der Waals surface area contributed by atoms with E-state index in [-0.39, 0.29) is 7.43 Å². The summed E-state index contributed by atoms with van der Waals surface area (Å²) in [4.78, 5) is 0. The van der Waals surface area contributed by atoms with Crippen molar-refractivity contribution in [3.05, 3.63) is 30.3 Å². The van der Waals surface area contributed by atoms with Crippen molar-refractivity contribution in [2.24, 2.45) is 0 Å². The van der Waals surface area contributed by atoms with Gasteiger partial charge in [0.05, 0.1) is 0 Å². The molecular weight excluding hydrogens is 122 g/mol. The lowest BCUT2D eigenvalue weighted by molar-refractivity contribution is 1.21. The molecule has 0 aromatic heterocycles. The lowest BCUT2D eigenvalue weighted by Crippen LogP contribution is -1.94. The van der Waals surface area contributed by atoms with E-state index in [1.807, 2.05) is 18.2 Å². The zero-order valence-electron chi connectivity index (χ0n) is 5.59. The molecule has 0 aliphatic carbocycles.